The lowest BCUT2D eigenvalue weighted by molar-refractivity contribution is -0.114. The summed E-state index contributed by atoms with van der Waals surface area (Å²) in [6, 6.07) is 19.1. The highest BCUT2D eigenvalue weighted by Gasteiger charge is 2.17. The van der Waals surface area contributed by atoms with Gasteiger partial charge in [0.15, 0.2) is 5.83 Å². The van der Waals surface area contributed by atoms with Crippen LogP contribution < -0.4 is 16.8 Å². The average molecular weight is 519 g/mol. The first-order valence-corrected chi connectivity index (χ1v) is 11.1. The standard InChI is InChI=1S/C26H20BrFN4O2/c1-14(16-7-6-15-10-11-31-24(29)20(15)12-16)23(28)26(34)32-22-9-8-17(13-21(22)27)18-4-2-3-5-19(18)25(30)33/h2-13H,1H3,(H2,29,31)(H2,30,33)(H,32,34)/b23-14-. The molecule has 0 bridgehead atoms. The molecule has 0 fully saturated rings. The third-order valence-corrected chi connectivity index (χ3v) is 6.14. The molecule has 0 unspecified atom stereocenters. The molecule has 2 amide bonds. The van der Waals surface area contributed by atoms with E-state index in [2.05, 4.69) is 26.2 Å². The molecular formula is C26H20BrFN4O2. The van der Waals surface area contributed by atoms with E-state index in [1.54, 1.807) is 72.9 Å². The number of nitrogens with zero attached hydrogens (tertiary/aromatic N) is 1. The Balaban J connectivity index is 1.61. The van der Waals surface area contributed by atoms with Crippen molar-refractivity contribution in [2.75, 3.05) is 11.1 Å². The highest BCUT2D eigenvalue weighted by molar-refractivity contribution is 9.10. The van der Waals surface area contributed by atoms with Gasteiger partial charge in [0.25, 0.3) is 5.91 Å². The molecule has 6 nitrogen and oxygen atoms in total. The van der Waals surface area contributed by atoms with E-state index >= 15 is 4.39 Å². The molecule has 3 aromatic carbocycles. The van der Waals surface area contributed by atoms with Gasteiger partial charge < -0.3 is 16.8 Å². The molecule has 5 N–H and O–H groups in total. The largest absolute Gasteiger partial charge is 0.383 e. The number of fused-ring (bicyclic) bond motifs is 1. The minimum Gasteiger partial charge on any atom is -0.383 e. The van der Waals surface area contributed by atoms with Gasteiger partial charge in [-0.05, 0) is 80.8 Å². The Morgan fingerprint density at radius 1 is 1.03 bits per heavy atom. The van der Waals surface area contributed by atoms with Crippen LogP contribution in [0.15, 0.2) is 83.2 Å². The number of allylic oxidation sites excluding steroid dienone is 1. The fourth-order valence-electron chi connectivity index (χ4n) is 3.63. The van der Waals surface area contributed by atoms with Gasteiger partial charge in [-0.3, -0.25) is 9.59 Å². The van der Waals surface area contributed by atoms with Crippen LogP contribution in [0.2, 0.25) is 0 Å². The Morgan fingerprint density at radius 2 is 1.79 bits per heavy atom. The Kier molecular flexibility index (Phi) is 6.43. The van der Waals surface area contributed by atoms with Gasteiger partial charge in [0.1, 0.15) is 5.82 Å². The molecule has 170 valence electrons. The van der Waals surface area contributed by atoms with E-state index in [4.69, 9.17) is 11.5 Å². The van der Waals surface area contributed by atoms with Crippen molar-refractivity contribution in [1.82, 2.24) is 4.98 Å². The van der Waals surface area contributed by atoms with Crippen molar-refractivity contribution in [2.45, 2.75) is 6.92 Å². The molecule has 0 aliphatic rings. The second-order valence-electron chi connectivity index (χ2n) is 7.63. The monoisotopic (exact) mass is 518 g/mol. The summed E-state index contributed by atoms with van der Waals surface area (Å²) in [7, 11) is 0. The molecule has 1 heterocycles. The van der Waals surface area contributed by atoms with Gasteiger partial charge in [-0.15, -0.1) is 0 Å². The van der Waals surface area contributed by atoms with Gasteiger partial charge in [-0.1, -0.05) is 36.4 Å². The van der Waals surface area contributed by atoms with Crippen LogP contribution in [0.25, 0.3) is 27.5 Å². The molecule has 0 saturated carbocycles. The zero-order valence-electron chi connectivity index (χ0n) is 18.1. The number of nitrogens with one attached hydrogen (secondary N) is 1. The lowest BCUT2D eigenvalue weighted by atomic mass is 9.99. The molecule has 0 saturated heterocycles. The maximum atomic E-state index is 15.0. The number of halogens is 2. The van der Waals surface area contributed by atoms with Crippen LogP contribution >= 0.6 is 15.9 Å². The number of pyridine rings is 1. The Labute approximate surface area is 203 Å². The number of hydrogen-bond donors (Lipinski definition) is 3. The SMILES string of the molecule is C/C(=C(/F)C(=O)Nc1ccc(-c2ccccc2C(N)=O)cc1Br)c1ccc2ccnc(N)c2c1. The average Bonchev–Trinajstić information content (AvgIpc) is 2.84. The van der Waals surface area contributed by atoms with Gasteiger partial charge in [0, 0.05) is 21.6 Å². The number of carbonyl (C=O) groups excluding carboxylic acids is 2. The molecule has 0 atom stereocenters. The van der Waals surface area contributed by atoms with E-state index in [1.165, 1.54) is 6.92 Å². The fraction of sp³-hybridized carbons (Fsp3) is 0.0385. The fourth-order valence-corrected chi connectivity index (χ4v) is 4.11. The summed E-state index contributed by atoms with van der Waals surface area (Å²) in [5.41, 5.74) is 14.2. The zero-order chi connectivity index (χ0) is 24.4. The summed E-state index contributed by atoms with van der Waals surface area (Å²) in [5, 5.41) is 4.13. The Hall–Kier alpha value is -4.04. The van der Waals surface area contributed by atoms with E-state index in [0.29, 0.717) is 43.6 Å². The van der Waals surface area contributed by atoms with E-state index in [9.17, 15) is 9.59 Å². The summed E-state index contributed by atoms with van der Waals surface area (Å²) in [4.78, 5) is 28.4. The predicted octanol–water partition coefficient (Wildman–Crippen LogP) is 5.68. The van der Waals surface area contributed by atoms with Crippen LogP contribution in [-0.2, 0) is 4.79 Å². The molecule has 0 aliphatic carbocycles. The van der Waals surface area contributed by atoms with E-state index in [-0.39, 0.29) is 5.57 Å². The first-order valence-electron chi connectivity index (χ1n) is 10.3. The topological polar surface area (TPSA) is 111 Å². The molecule has 8 heteroatoms. The highest BCUT2D eigenvalue weighted by atomic mass is 79.9. The predicted molar refractivity (Wildman–Crippen MR) is 137 cm³/mol. The van der Waals surface area contributed by atoms with Crippen LogP contribution in [-0.4, -0.2) is 16.8 Å². The molecule has 0 aliphatic heterocycles. The van der Waals surface area contributed by atoms with Crippen molar-refractivity contribution < 1.29 is 14.0 Å². The van der Waals surface area contributed by atoms with E-state index in [1.807, 2.05) is 0 Å². The highest BCUT2D eigenvalue weighted by Crippen LogP contribution is 2.32. The van der Waals surface area contributed by atoms with Gasteiger partial charge >= 0.3 is 0 Å². The minimum atomic E-state index is -0.920. The van der Waals surface area contributed by atoms with Crippen LogP contribution in [0.3, 0.4) is 0 Å². The minimum absolute atomic E-state index is 0.172. The number of rotatable bonds is 5. The second-order valence-corrected chi connectivity index (χ2v) is 8.48. The van der Waals surface area contributed by atoms with Gasteiger partial charge in [-0.2, -0.15) is 0 Å². The van der Waals surface area contributed by atoms with Crippen molar-refractivity contribution in [2.24, 2.45) is 5.73 Å². The second kappa shape index (κ2) is 9.44. The normalized spacial score (nSPS) is 11.7. The van der Waals surface area contributed by atoms with Crippen LogP contribution in [0, 0.1) is 0 Å². The van der Waals surface area contributed by atoms with Crippen molar-refractivity contribution in [1.29, 1.82) is 0 Å². The Morgan fingerprint density at radius 3 is 2.53 bits per heavy atom. The van der Waals surface area contributed by atoms with Gasteiger partial charge in [0.2, 0.25) is 5.91 Å². The first-order chi connectivity index (χ1) is 16.3. The zero-order valence-corrected chi connectivity index (χ0v) is 19.7. The smallest absolute Gasteiger partial charge is 0.284 e. The number of aromatic nitrogens is 1. The van der Waals surface area contributed by atoms with Gasteiger partial charge in [0.05, 0.1) is 5.69 Å². The third kappa shape index (κ3) is 4.53. The summed E-state index contributed by atoms with van der Waals surface area (Å²) >= 11 is 3.41. The van der Waals surface area contributed by atoms with Crippen LogP contribution in [0.1, 0.15) is 22.8 Å². The number of primary amides is 1. The molecule has 4 rings (SSSR count). The number of benzene rings is 3. The molecule has 34 heavy (non-hydrogen) atoms. The van der Waals surface area contributed by atoms with Crippen molar-refractivity contribution in [3.8, 4) is 11.1 Å². The summed E-state index contributed by atoms with van der Waals surface area (Å²) in [6.07, 6.45) is 1.60. The number of hydrogen-bond acceptors (Lipinski definition) is 4. The summed E-state index contributed by atoms with van der Waals surface area (Å²) < 4.78 is 15.6. The molecule has 0 spiro atoms. The van der Waals surface area contributed by atoms with E-state index in [0.717, 1.165) is 5.39 Å². The van der Waals surface area contributed by atoms with Crippen molar-refractivity contribution in [3.05, 3.63) is 94.4 Å². The quantitative estimate of drug-likeness (QED) is 0.295. The van der Waals surface area contributed by atoms with Crippen LogP contribution in [0.5, 0.6) is 0 Å². The number of nitrogens with two attached hydrogens (primary N) is 2. The third-order valence-electron chi connectivity index (χ3n) is 5.48. The summed E-state index contributed by atoms with van der Waals surface area (Å²) in [6.45, 7) is 1.53. The molecule has 1 aromatic heterocycles. The Bertz CT molecular complexity index is 1480. The molecule has 4 aromatic rings. The summed E-state index contributed by atoms with van der Waals surface area (Å²) in [5.74, 6) is -2.02. The van der Waals surface area contributed by atoms with Gasteiger partial charge in [-0.25, -0.2) is 9.37 Å². The number of nitrogen functional groups attached to an aromatic ring is 1. The molecule has 0 radical (unpaired) electrons. The van der Waals surface area contributed by atoms with Crippen molar-refractivity contribution >= 4 is 55.6 Å². The lowest BCUT2D eigenvalue weighted by Crippen LogP contribution is -2.14. The first kappa shape index (κ1) is 23.1. The number of amides is 2. The van der Waals surface area contributed by atoms with Crippen molar-refractivity contribution in [3.63, 3.8) is 0 Å². The maximum Gasteiger partial charge on any atom is 0.284 e. The lowest BCUT2D eigenvalue weighted by Gasteiger charge is -2.12. The maximum absolute atomic E-state index is 15.0. The number of anilines is 2. The van der Waals surface area contributed by atoms with Crippen LogP contribution in [0.4, 0.5) is 15.9 Å². The molecular weight excluding hydrogens is 499 g/mol. The number of carbonyl (C=O) groups is 2. The van der Waals surface area contributed by atoms with E-state index < -0.39 is 17.6 Å².